The predicted octanol–water partition coefficient (Wildman–Crippen LogP) is -0.336. The van der Waals surface area contributed by atoms with Crippen LogP contribution in [0.1, 0.15) is 30.3 Å². The lowest BCUT2D eigenvalue weighted by molar-refractivity contribution is -0.116. The maximum Gasteiger partial charge on any atom is 0.289 e. The molecule has 25 heavy (non-hydrogen) atoms. The van der Waals surface area contributed by atoms with E-state index in [1.165, 1.54) is 12.1 Å². The van der Waals surface area contributed by atoms with Gasteiger partial charge in [0.2, 0.25) is 11.0 Å². The molecule has 1 fully saturated rings. The molecule has 0 aromatic carbocycles. The number of rotatable bonds is 6. The lowest BCUT2D eigenvalue weighted by Gasteiger charge is -2.37. The number of carbonyl (C=O) groups is 2. The van der Waals surface area contributed by atoms with Crippen LogP contribution in [0.5, 0.6) is 0 Å². The van der Waals surface area contributed by atoms with Gasteiger partial charge in [-0.1, -0.05) is 6.92 Å². The van der Waals surface area contributed by atoms with Gasteiger partial charge in [0.25, 0.3) is 15.9 Å². The van der Waals surface area contributed by atoms with E-state index >= 15 is 0 Å². The molecule has 9 nitrogen and oxygen atoms in total. The molecule has 1 aromatic rings. The minimum Gasteiger partial charge on any atom is -0.438 e. The standard InChI is InChI=1S/C14H22N4O5S.ClH/c1-9-4-5-18(10(6-9)7-15)14(20)11-2-3-13(23-11)24(21,22)17-8-12(16)19;/h2-3,9-10,17H,4-8,15H2,1H3,(H2,16,19);1H. The first-order valence-corrected chi connectivity index (χ1v) is 9.11. The molecule has 0 bridgehead atoms. The number of carbonyl (C=O) groups excluding carboxylic acids is 2. The highest BCUT2D eigenvalue weighted by Crippen LogP contribution is 2.24. The Morgan fingerprint density at radius 2 is 2.08 bits per heavy atom. The SMILES string of the molecule is CC1CCN(C(=O)c2ccc(S(=O)(=O)NCC(N)=O)o2)C(CN)C1.Cl. The second kappa shape index (κ2) is 8.65. The maximum absolute atomic E-state index is 12.6. The van der Waals surface area contributed by atoms with E-state index in [4.69, 9.17) is 15.9 Å². The zero-order valence-corrected chi connectivity index (χ0v) is 15.4. The van der Waals surface area contributed by atoms with Gasteiger partial charge in [-0.3, -0.25) is 9.59 Å². The van der Waals surface area contributed by atoms with Gasteiger partial charge in [0.05, 0.1) is 6.54 Å². The summed E-state index contributed by atoms with van der Waals surface area (Å²) in [6, 6.07) is 2.37. The van der Waals surface area contributed by atoms with Gasteiger partial charge < -0.3 is 20.8 Å². The van der Waals surface area contributed by atoms with Crippen LogP contribution in [0.2, 0.25) is 0 Å². The molecule has 0 spiro atoms. The van der Waals surface area contributed by atoms with Crippen LogP contribution in [0, 0.1) is 5.92 Å². The van der Waals surface area contributed by atoms with Crippen molar-refractivity contribution in [3.8, 4) is 0 Å². The van der Waals surface area contributed by atoms with Gasteiger partial charge in [-0.05, 0) is 30.9 Å². The smallest absolute Gasteiger partial charge is 0.289 e. The molecule has 5 N–H and O–H groups in total. The molecule has 2 atom stereocenters. The van der Waals surface area contributed by atoms with Crippen LogP contribution in [0.4, 0.5) is 0 Å². The van der Waals surface area contributed by atoms with Crippen LogP contribution < -0.4 is 16.2 Å². The monoisotopic (exact) mass is 394 g/mol. The number of nitrogens with two attached hydrogens (primary N) is 2. The van der Waals surface area contributed by atoms with Crippen molar-refractivity contribution in [3.63, 3.8) is 0 Å². The highest BCUT2D eigenvalue weighted by Gasteiger charge is 2.32. The number of hydrogen-bond donors (Lipinski definition) is 3. The van der Waals surface area contributed by atoms with E-state index in [2.05, 4.69) is 6.92 Å². The van der Waals surface area contributed by atoms with Gasteiger partial charge in [-0.25, -0.2) is 8.42 Å². The van der Waals surface area contributed by atoms with Gasteiger partial charge in [0, 0.05) is 19.1 Å². The van der Waals surface area contributed by atoms with Crippen LogP contribution in [-0.4, -0.2) is 50.8 Å². The first kappa shape index (κ1) is 21.4. The average Bonchev–Trinajstić information content (AvgIpc) is 3.03. The molecule has 0 saturated carbocycles. The fraction of sp³-hybridized carbons (Fsp3) is 0.571. The number of sulfonamides is 1. The maximum atomic E-state index is 12.6. The minimum atomic E-state index is -4.04. The number of nitrogens with zero attached hydrogens (tertiary/aromatic N) is 1. The molecular formula is C14H23ClN4O5S. The van der Waals surface area contributed by atoms with E-state index in [1.807, 2.05) is 4.72 Å². The van der Waals surface area contributed by atoms with Gasteiger partial charge in [0.1, 0.15) is 0 Å². The van der Waals surface area contributed by atoms with E-state index in [9.17, 15) is 18.0 Å². The summed E-state index contributed by atoms with van der Waals surface area (Å²) in [7, 11) is -4.04. The summed E-state index contributed by atoms with van der Waals surface area (Å²) in [4.78, 5) is 24.9. The number of halogens is 1. The van der Waals surface area contributed by atoms with E-state index in [0.29, 0.717) is 19.0 Å². The summed E-state index contributed by atoms with van der Waals surface area (Å²) in [5.74, 6) is -0.820. The zero-order chi connectivity index (χ0) is 17.9. The fourth-order valence-corrected chi connectivity index (χ4v) is 3.62. The molecule has 1 aliphatic rings. The molecule has 2 amide bonds. The molecule has 2 rings (SSSR count). The van der Waals surface area contributed by atoms with E-state index in [0.717, 1.165) is 12.8 Å². The van der Waals surface area contributed by atoms with Crippen molar-refractivity contribution in [1.82, 2.24) is 9.62 Å². The lowest BCUT2D eigenvalue weighted by Crippen LogP contribution is -2.49. The number of amides is 2. The van der Waals surface area contributed by atoms with Gasteiger partial charge in [-0.15, -0.1) is 12.4 Å². The number of likely N-dealkylation sites (tertiary alicyclic amines) is 1. The summed E-state index contributed by atoms with van der Waals surface area (Å²) in [5.41, 5.74) is 10.6. The number of furan rings is 1. The zero-order valence-electron chi connectivity index (χ0n) is 13.8. The molecule has 142 valence electrons. The summed E-state index contributed by atoms with van der Waals surface area (Å²) in [6.07, 6.45) is 1.66. The molecule has 0 radical (unpaired) electrons. The Kier molecular flexibility index (Phi) is 7.42. The number of primary amides is 1. The number of piperidine rings is 1. The Hall–Kier alpha value is -1.62. The Labute approximate surface area is 152 Å². The van der Waals surface area contributed by atoms with Crippen LogP contribution in [-0.2, 0) is 14.8 Å². The van der Waals surface area contributed by atoms with Crippen molar-refractivity contribution in [2.24, 2.45) is 17.4 Å². The van der Waals surface area contributed by atoms with E-state index < -0.39 is 33.5 Å². The number of hydrogen-bond acceptors (Lipinski definition) is 6. The molecule has 0 aliphatic carbocycles. The van der Waals surface area contributed by atoms with Crippen molar-refractivity contribution in [2.75, 3.05) is 19.6 Å². The largest absolute Gasteiger partial charge is 0.438 e. The summed E-state index contributed by atoms with van der Waals surface area (Å²) in [5, 5.41) is -0.443. The second-order valence-electron chi connectivity index (χ2n) is 5.93. The third-order valence-corrected chi connectivity index (χ3v) is 5.28. The van der Waals surface area contributed by atoms with Gasteiger partial charge in [0.15, 0.2) is 5.76 Å². The Balaban J connectivity index is 0.00000312. The molecule has 1 aliphatic heterocycles. The van der Waals surface area contributed by atoms with Crippen LogP contribution >= 0.6 is 12.4 Å². The predicted molar refractivity (Wildman–Crippen MR) is 92.6 cm³/mol. The normalized spacial score (nSPS) is 20.8. The van der Waals surface area contributed by atoms with Crippen molar-refractivity contribution < 1.29 is 22.4 Å². The van der Waals surface area contributed by atoms with Crippen LogP contribution in [0.25, 0.3) is 0 Å². The van der Waals surface area contributed by atoms with E-state index in [-0.39, 0.29) is 24.2 Å². The second-order valence-corrected chi connectivity index (χ2v) is 7.63. The third-order valence-electron chi connectivity index (χ3n) is 4.00. The van der Waals surface area contributed by atoms with Gasteiger partial charge in [-0.2, -0.15) is 4.72 Å². The highest BCUT2D eigenvalue weighted by atomic mass is 35.5. The van der Waals surface area contributed by atoms with Crippen LogP contribution in [0.15, 0.2) is 21.6 Å². The first-order valence-electron chi connectivity index (χ1n) is 7.63. The summed E-state index contributed by atoms with van der Waals surface area (Å²) < 4.78 is 31.1. The molecule has 2 unspecified atom stereocenters. The van der Waals surface area contributed by atoms with Crippen molar-refractivity contribution in [2.45, 2.75) is 30.9 Å². The average molecular weight is 395 g/mol. The first-order chi connectivity index (χ1) is 11.2. The number of nitrogens with one attached hydrogen (secondary N) is 1. The third kappa shape index (κ3) is 5.18. The van der Waals surface area contributed by atoms with E-state index in [1.54, 1.807) is 4.90 Å². The summed E-state index contributed by atoms with van der Waals surface area (Å²) in [6.45, 7) is 2.44. The lowest BCUT2D eigenvalue weighted by atomic mass is 9.92. The Morgan fingerprint density at radius 1 is 1.40 bits per heavy atom. The highest BCUT2D eigenvalue weighted by molar-refractivity contribution is 7.89. The molecule has 2 heterocycles. The molecular weight excluding hydrogens is 372 g/mol. The summed E-state index contributed by atoms with van der Waals surface area (Å²) >= 11 is 0. The topological polar surface area (TPSA) is 149 Å². The molecule has 1 aromatic heterocycles. The van der Waals surface area contributed by atoms with Crippen LogP contribution in [0.3, 0.4) is 0 Å². The van der Waals surface area contributed by atoms with Crippen molar-refractivity contribution in [1.29, 1.82) is 0 Å². The quantitative estimate of drug-likeness (QED) is 0.601. The Morgan fingerprint density at radius 3 is 2.68 bits per heavy atom. The molecule has 1 saturated heterocycles. The van der Waals surface area contributed by atoms with Crippen molar-refractivity contribution in [3.05, 3.63) is 17.9 Å². The van der Waals surface area contributed by atoms with Gasteiger partial charge >= 0.3 is 0 Å². The van der Waals surface area contributed by atoms with Crippen molar-refractivity contribution >= 4 is 34.2 Å². The Bertz CT molecular complexity index is 721. The fourth-order valence-electron chi connectivity index (χ4n) is 2.70. The molecule has 11 heteroatoms. The minimum absolute atomic E-state index is 0.